The Hall–Kier alpha value is -0.940. The van der Waals surface area contributed by atoms with Gasteiger partial charge in [-0.25, -0.2) is 4.98 Å². The van der Waals surface area contributed by atoms with Gasteiger partial charge in [0.1, 0.15) is 16.9 Å². The lowest BCUT2D eigenvalue weighted by Crippen LogP contribution is -2.10. The summed E-state index contributed by atoms with van der Waals surface area (Å²) in [5, 5.41) is 8.33. The number of nitrogens with two attached hydrogens (primary N) is 1. The van der Waals surface area contributed by atoms with Crippen molar-refractivity contribution in [1.29, 1.82) is 5.41 Å². The van der Waals surface area contributed by atoms with Gasteiger partial charge in [-0.2, -0.15) is 0 Å². The molecule has 1 aromatic rings. The first-order chi connectivity index (χ1) is 6.68. The molecule has 2 rings (SSSR count). The third kappa shape index (κ3) is 1.65. The summed E-state index contributed by atoms with van der Waals surface area (Å²) in [5.41, 5.74) is 6.28. The van der Waals surface area contributed by atoms with E-state index < -0.39 is 0 Å². The highest BCUT2D eigenvalue weighted by molar-refractivity contribution is 7.13. The molecule has 3 N–H and O–H groups in total. The maximum absolute atomic E-state index is 7.37. The molecule has 1 atom stereocenters. The van der Waals surface area contributed by atoms with Gasteiger partial charge in [-0.3, -0.25) is 5.41 Å². The Kier molecular flexibility index (Phi) is 2.52. The van der Waals surface area contributed by atoms with Crippen LogP contribution in [-0.2, 0) is 4.74 Å². The van der Waals surface area contributed by atoms with Crippen molar-refractivity contribution in [3.8, 4) is 0 Å². The Morgan fingerprint density at radius 2 is 2.50 bits per heavy atom. The molecule has 1 aliphatic rings. The summed E-state index contributed by atoms with van der Waals surface area (Å²) in [6.07, 6.45) is 2.26. The zero-order valence-corrected chi connectivity index (χ0v) is 8.86. The Balaban J connectivity index is 2.27. The smallest absolute Gasteiger partial charge is 0.135 e. The number of ether oxygens (including phenoxy) is 1. The lowest BCUT2D eigenvalue weighted by atomic mass is 10.2. The van der Waals surface area contributed by atoms with Gasteiger partial charge in [0.25, 0.3) is 0 Å². The van der Waals surface area contributed by atoms with Gasteiger partial charge in [-0.1, -0.05) is 0 Å². The van der Waals surface area contributed by atoms with Crippen molar-refractivity contribution < 1.29 is 4.74 Å². The van der Waals surface area contributed by atoms with E-state index in [-0.39, 0.29) is 11.9 Å². The highest BCUT2D eigenvalue weighted by Crippen LogP contribution is 2.32. The highest BCUT2D eigenvalue weighted by atomic mass is 32.1. The standard InChI is InChI=1S/C9H13N3OS/c1-5-7(8(10)11)14-9(12-5)6-3-2-4-13-6/h6H,2-4H2,1H3,(H3,10,11). The van der Waals surface area contributed by atoms with Crippen LogP contribution < -0.4 is 5.73 Å². The van der Waals surface area contributed by atoms with E-state index in [1.807, 2.05) is 6.92 Å². The monoisotopic (exact) mass is 211 g/mol. The van der Waals surface area contributed by atoms with E-state index in [0.717, 1.165) is 35.0 Å². The number of aromatic nitrogens is 1. The molecule has 1 saturated heterocycles. The minimum Gasteiger partial charge on any atom is -0.383 e. The van der Waals surface area contributed by atoms with Crippen LogP contribution in [0.2, 0.25) is 0 Å². The number of rotatable bonds is 2. The van der Waals surface area contributed by atoms with Crippen molar-refractivity contribution in [2.24, 2.45) is 5.73 Å². The molecular weight excluding hydrogens is 198 g/mol. The summed E-state index contributed by atoms with van der Waals surface area (Å²) in [6.45, 7) is 2.70. The number of aryl methyl sites for hydroxylation is 1. The molecule has 0 spiro atoms. The first-order valence-electron chi connectivity index (χ1n) is 4.62. The van der Waals surface area contributed by atoms with Crippen LogP contribution in [0.3, 0.4) is 0 Å². The molecule has 5 heteroatoms. The number of nitrogens with zero attached hydrogens (tertiary/aromatic N) is 1. The van der Waals surface area contributed by atoms with Crippen molar-refractivity contribution in [3.05, 3.63) is 15.6 Å². The molecule has 4 nitrogen and oxygen atoms in total. The van der Waals surface area contributed by atoms with Crippen molar-refractivity contribution in [2.45, 2.75) is 25.9 Å². The average molecular weight is 211 g/mol. The minimum absolute atomic E-state index is 0.101. The number of amidine groups is 1. The number of hydrogen-bond donors (Lipinski definition) is 2. The van der Waals surface area contributed by atoms with E-state index in [4.69, 9.17) is 15.9 Å². The fraction of sp³-hybridized carbons (Fsp3) is 0.556. The molecule has 1 aromatic heterocycles. The summed E-state index contributed by atoms with van der Waals surface area (Å²) in [4.78, 5) is 5.16. The predicted molar refractivity (Wildman–Crippen MR) is 55.8 cm³/mol. The van der Waals surface area contributed by atoms with Crippen LogP contribution in [0.15, 0.2) is 0 Å². The van der Waals surface area contributed by atoms with E-state index in [2.05, 4.69) is 4.98 Å². The lowest BCUT2D eigenvalue weighted by Gasteiger charge is -2.03. The van der Waals surface area contributed by atoms with Crippen LogP contribution in [-0.4, -0.2) is 17.4 Å². The van der Waals surface area contributed by atoms with Crippen LogP contribution >= 0.6 is 11.3 Å². The van der Waals surface area contributed by atoms with Crippen molar-refractivity contribution >= 4 is 17.2 Å². The molecule has 14 heavy (non-hydrogen) atoms. The van der Waals surface area contributed by atoms with E-state index >= 15 is 0 Å². The highest BCUT2D eigenvalue weighted by Gasteiger charge is 2.22. The summed E-state index contributed by atoms with van der Waals surface area (Å²) in [5.74, 6) is 0.101. The number of thiazole rings is 1. The van der Waals surface area contributed by atoms with Crippen LogP contribution in [0, 0.1) is 12.3 Å². The largest absolute Gasteiger partial charge is 0.383 e. The van der Waals surface area contributed by atoms with Gasteiger partial charge in [-0.05, 0) is 19.8 Å². The number of hydrogen-bond acceptors (Lipinski definition) is 4. The molecule has 0 saturated carbocycles. The normalized spacial score (nSPS) is 21.4. The fourth-order valence-corrected chi connectivity index (χ4v) is 2.59. The number of nitrogen functional groups attached to an aromatic ring is 1. The van der Waals surface area contributed by atoms with Gasteiger partial charge in [0.05, 0.1) is 10.6 Å². The summed E-state index contributed by atoms with van der Waals surface area (Å²) < 4.78 is 5.52. The first kappa shape index (κ1) is 9.61. The van der Waals surface area contributed by atoms with Gasteiger partial charge in [0.2, 0.25) is 0 Å². The molecule has 2 heterocycles. The number of nitrogens with one attached hydrogen (secondary N) is 1. The van der Waals surface area contributed by atoms with E-state index in [9.17, 15) is 0 Å². The molecule has 0 aliphatic carbocycles. The minimum atomic E-state index is 0.101. The van der Waals surface area contributed by atoms with Gasteiger partial charge >= 0.3 is 0 Å². The first-order valence-corrected chi connectivity index (χ1v) is 5.43. The lowest BCUT2D eigenvalue weighted by molar-refractivity contribution is 0.111. The molecule has 1 fully saturated rings. The molecule has 0 amide bonds. The van der Waals surface area contributed by atoms with E-state index in [1.165, 1.54) is 11.3 Å². The van der Waals surface area contributed by atoms with E-state index in [1.54, 1.807) is 0 Å². The fourth-order valence-electron chi connectivity index (χ4n) is 1.58. The van der Waals surface area contributed by atoms with Crippen molar-refractivity contribution in [1.82, 2.24) is 4.98 Å². The molecule has 1 unspecified atom stereocenters. The summed E-state index contributed by atoms with van der Waals surface area (Å²) in [7, 11) is 0. The average Bonchev–Trinajstić information content (AvgIpc) is 2.70. The van der Waals surface area contributed by atoms with Gasteiger partial charge in [-0.15, -0.1) is 11.3 Å². The summed E-state index contributed by atoms with van der Waals surface area (Å²) in [6, 6.07) is 0. The SMILES string of the molecule is Cc1nc(C2CCCO2)sc1C(=N)N. The zero-order valence-electron chi connectivity index (χ0n) is 8.04. The zero-order chi connectivity index (χ0) is 10.1. The maximum Gasteiger partial charge on any atom is 0.135 e. The quantitative estimate of drug-likeness (QED) is 0.576. The topological polar surface area (TPSA) is 72.0 Å². The molecule has 76 valence electrons. The Bertz CT molecular complexity index is 355. The Morgan fingerprint density at radius 1 is 1.71 bits per heavy atom. The third-order valence-electron chi connectivity index (χ3n) is 2.26. The van der Waals surface area contributed by atoms with Gasteiger partial charge in [0, 0.05) is 6.61 Å². The van der Waals surface area contributed by atoms with Crippen LogP contribution in [0.25, 0.3) is 0 Å². The van der Waals surface area contributed by atoms with Gasteiger partial charge in [0.15, 0.2) is 0 Å². The van der Waals surface area contributed by atoms with Crippen LogP contribution in [0.4, 0.5) is 0 Å². The van der Waals surface area contributed by atoms with Gasteiger partial charge < -0.3 is 10.5 Å². The Morgan fingerprint density at radius 3 is 3.00 bits per heavy atom. The van der Waals surface area contributed by atoms with Crippen molar-refractivity contribution in [3.63, 3.8) is 0 Å². The second kappa shape index (κ2) is 3.67. The van der Waals surface area contributed by atoms with Crippen LogP contribution in [0.1, 0.15) is 34.5 Å². The third-order valence-corrected chi connectivity index (χ3v) is 3.55. The molecule has 0 bridgehead atoms. The van der Waals surface area contributed by atoms with E-state index in [0.29, 0.717) is 0 Å². The van der Waals surface area contributed by atoms with Crippen molar-refractivity contribution in [2.75, 3.05) is 6.61 Å². The maximum atomic E-state index is 7.37. The predicted octanol–water partition coefficient (Wildman–Crippen LogP) is 1.59. The second-order valence-electron chi connectivity index (χ2n) is 3.38. The summed E-state index contributed by atoms with van der Waals surface area (Å²) >= 11 is 1.48. The molecule has 0 aromatic carbocycles. The molecular formula is C9H13N3OS. The second-order valence-corrected chi connectivity index (χ2v) is 4.41. The molecule has 1 aliphatic heterocycles. The van der Waals surface area contributed by atoms with Crippen LogP contribution in [0.5, 0.6) is 0 Å². The Labute approximate surface area is 86.6 Å². The molecule has 0 radical (unpaired) electrons.